The number of hydrogen-bond donors (Lipinski definition) is 1. The lowest BCUT2D eigenvalue weighted by molar-refractivity contribution is -0.137. The van der Waals surface area contributed by atoms with Crippen molar-refractivity contribution in [3.05, 3.63) is 0 Å². The molecule has 1 saturated heterocycles. The largest absolute Gasteiger partial charge is 0.396 e. The summed E-state index contributed by atoms with van der Waals surface area (Å²) in [6, 6.07) is 0. The standard InChI is InChI=1S/C12H23NO2/c1-3-5-10(2)12(15)13-7-4-6-11(8-13)9-14/h10-11,14H,3-9H2,1-2H3. The van der Waals surface area contributed by atoms with Crippen molar-refractivity contribution < 1.29 is 9.90 Å². The van der Waals surface area contributed by atoms with Crippen LogP contribution in [0.3, 0.4) is 0 Å². The molecule has 15 heavy (non-hydrogen) atoms. The van der Waals surface area contributed by atoms with E-state index in [1.165, 1.54) is 0 Å². The second-order valence-electron chi connectivity index (χ2n) is 4.66. The number of piperidine rings is 1. The lowest BCUT2D eigenvalue weighted by Crippen LogP contribution is -2.43. The van der Waals surface area contributed by atoms with Gasteiger partial charge in [-0.3, -0.25) is 4.79 Å². The molecule has 0 aromatic carbocycles. The van der Waals surface area contributed by atoms with Gasteiger partial charge in [0.2, 0.25) is 5.91 Å². The van der Waals surface area contributed by atoms with Crippen LogP contribution in [0.5, 0.6) is 0 Å². The van der Waals surface area contributed by atoms with Gasteiger partial charge in [0.25, 0.3) is 0 Å². The molecule has 2 unspecified atom stereocenters. The SMILES string of the molecule is CCCC(C)C(=O)N1CCCC(CO)C1. The number of aliphatic hydroxyl groups is 1. The minimum Gasteiger partial charge on any atom is -0.396 e. The maximum absolute atomic E-state index is 12.0. The quantitative estimate of drug-likeness (QED) is 0.771. The Balaban J connectivity index is 2.44. The number of nitrogens with zero attached hydrogens (tertiary/aromatic N) is 1. The molecule has 0 aromatic heterocycles. The van der Waals surface area contributed by atoms with Crippen molar-refractivity contribution in [3.63, 3.8) is 0 Å². The van der Waals surface area contributed by atoms with Crippen molar-refractivity contribution >= 4 is 5.91 Å². The molecule has 3 heteroatoms. The van der Waals surface area contributed by atoms with Gasteiger partial charge in [-0.05, 0) is 25.2 Å². The Morgan fingerprint density at radius 2 is 2.33 bits per heavy atom. The summed E-state index contributed by atoms with van der Waals surface area (Å²) in [7, 11) is 0. The first kappa shape index (κ1) is 12.5. The Labute approximate surface area is 92.5 Å². The van der Waals surface area contributed by atoms with Crippen LogP contribution in [0.2, 0.25) is 0 Å². The summed E-state index contributed by atoms with van der Waals surface area (Å²) in [5.41, 5.74) is 0. The van der Waals surface area contributed by atoms with Crippen LogP contribution < -0.4 is 0 Å². The number of amides is 1. The molecule has 0 aliphatic carbocycles. The lowest BCUT2D eigenvalue weighted by atomic mass is 9.96. The third-order valence-electron chi connectivity index (χ3n) is 3.23. The van der Waals surface area contributed by atoms with Gasteiger partial charge in [0.05, 0.1) is 0 Å². The van der Waals surface area contributed by atoms with E-state index < -0.39 is 0 Å². The van der Waals surface area contributed by atoms with Gasteiger partial charge in [-0.25, -0.2) is 0 Å². The van der Waals surface area contributed by atoms with Crippen molar-refractivity contribution in [2.75, 3.05) is 19.7 Å². The zero-order valence-corrected chi connectivity index (χ0v) is 9.91. The molecule has 1 fully saturated rings. The molecule has 0 bridgehead atoms. The van der Waals surface area contributed by atoms with Crippen molar-refractivity contribution in [2.24, 2.45) is 11.8 Å². The van der Waals surface area contributed by atoms with Crippen LogP contribution in [-0.4, -0.2) is 35.6 Å². The molecule has 1 aliphatic heterocycles. The van der Waals surface area contributed by atoms with E-state index in [2.05, 4.69) is 6.92 Å². The van der Waals surface area contributed by atoms with E-state index in [9.17, 15) is 4.79 Å². The highest BCUT2D eigenvalue weighted by molar-refractivity contribution is 5.78. The molecule has 0 aromatic rings. The molecular weight excluding hydrogens is 190 g/mol. The van der Waals surface area contributed by atoms with Crippen LogP contribution in [0.1, 0.15) is 39.5 Å². The second-order valence-corrected chi connectivity index (χ2v) is 4.66. The van der Waals surface area contributed by atoms with E-state index in [0.29, 0.717) is 5.92 Å². The normalized spacial score (nSPS) is 23.9. The molecular formula is C12H23NO2. The highest BCUT2D eigenvalue weighted by atomic mass is 16.3. The Kier molecular flexibility index (Phi) is 5.09. The lowest BCUT2D eigenvalue weighted by Gasteiger charge is -2.33. The van der Waals surface area contributed by atoms with Gasteiger partial charge in [0, 0.05) is 25.6 Å². The fraction of sp³-hybridized carbons (Fsp3) is 0.917. The average Bonchev–Trinajstić information content (AvgIpc) is 2.28. The molecule has 0 saturated carbocycles. The Hall–Kier alpha value is -0.570. The van der Waals surface area contributed by atoms with Gasteiger partial charge >= 0.3 is 0 Å². The smallest absolute Gasteiger partial charge is 0.225 e. The molecule has 88 valence electrons. The van der Waals surface area contributed by atoms with Crippen molar-refractivity contribution in [1.82, 2.24) is 4.90 Å². The molecule has 1 heterocycles. The molecule has 1 N–H and O–H groups in total. The summed E-state index contributed by atoms with van der Waals surface area (Å²) < 4.78 is 0. The molecule has 1 amide bonds. The molecule has 1 aliphatic rings. The van der Waals surface area contributed by atoms with Crippen molar-refractivity contribution in [2.45, 2.75) is 39.5 Å². The zero-order valence-electron chi connectivity index (χ0n) is 9.91. The van der Waals surface area contributed by atoms with Crippen molar-refractivity contribution in [3.8, 4) is 0 Å². The number of carbonyl (C=O) groups excluding carboxylic acids is 1. The summed E-state index contributed by atoms with van der Waals surface area (Å²) in [6.45, 7) is 5.96. The second kappa shape index (κ2) is 6.11. The van der Waals surface area contributed by atoms with Gasteiger partial charge in [0.1, 0.15) is 0 Å². The summed E-state index contributed by atoms with van der Waals surface area (Å²) in [4.78, 5) is 13.9. The first-order valence-electron chi connectivity index (χ1n) is 6.08. The average molecular weight is 213 g/mol. The van der Waals surface area contributed by atoms with Crippen LogP contribution in [0.4, 0.5) is 0 Å². The van der Waals surface area contributed by atoms with Crippen LogP contribution >= 0.6 is 0 Å². The first-order chi connectivity index (χ1) is 7.19. The molecule has 0 spiro atoms. The van der Waals surface area contributed by atoms with Crippen LogP contribution in [-0.2, 0) is 4.79 Å². The predicted molar refractivity (Wildman–Crippen MR) is 60.5 cm³/mol. The zero-order chi connectivity index (χ0) is 11.3. The van der Waals surface area contributed by atoms with E-state index in [1.54, 1.807) is 0 Å². The summed E-state index contributed by atoms with van der Waals surface area (Å²) in [6.07, 6.45) is 4.13. The van der Waals surface area contributed by atoms with Crippen LogP contribution in [0.15, 0.2) is 0 Å². The number of likely N-dealkylation sites (tertiary alicyclic amines) is 1. The Morgan fingerprint density at radius 1 is 1.60 bits per heavy atom. The Bertz CT molecular complexity index is 206. The number of rotatable bonds is 4. The van der Waals surface area contributed by atoms with Gasteiger partial charge in [-0.15, -0.1) is 0 Å². The number of aliphatic hydroxyl groups excluding tert-OH is 1. The maximum atomic E-state index is 12.0. The molecule has 1 rings (SSSR count). The fourth-order valence-corrected chi connectivity index (χ4v) is 2.28. The maximum Gasteiger partial charge on any atom is 0.225 e. The molecule has 3 nitrogen and oxygen atoms in total. The fourth-order valence-electron chi connectivity index (χ4n) is 2.28. The van der Waals surface area contributed by atoms with E-state index in [4.69, 9.17) is 5.11 Å². The van der Waals surface area contributed by atoms with Crippen LogP contribution in [0.25, 0.3) is 0 Å². The third-order valence-corrected chi connectivity index (χ3v) is 3.23. The monoisotopic (exact) mass is 213 g/mol. The molecule has 0 radical (unpaired) electrons. The van der Waals surface area contributed by atoms with Gasteiger partial charge < -0.3 is 10.0 Å². The van der Waals surface area contributed by atoms with E-state index in [-0.39, 0.29) is 18.4 Å². The first-order valence-corrected chi connectivity index (χ1v) is 6.08. The summed E-state index contributed by atoms with van der Waals surface area (Å²) in [5, 5.41) is 9.09. The van der Waals surface area contributed by atoms with Crippen molar-refractivity contribution in [1.29, 1.82) is 0 Å². The highest BCUT2D eigenvalue weighted by Gasteiger charge is 2.25. The number of hydrogen-bond acceptors (Lipinski definition) is 2. The number of carbonyl (C=O) groups is 1. The van der Waals surface area contributed by atoms with Gasteiger partial charge in [0.15, 0.2) is 0 Å². The predicted octanol–water partition coefficient (Wildman–Crippen LogP) is 1.65. The third kappa shape index (κ3) is 3.49. The van der Waals surface area contributed by atoms with Gasteiger partial charge in [-0.1, -0.05) is 20.3 Å². The van der Waals surface area contributed by atoms with Gasteiger partial charge in [-0.2, -0.15) is 0 Å². The molecule has 2 atom stereocenters. The summed E-state index contributed by atoms with van der Waals surface area (Å²) in [5.74, 6) is 0.721. The van der Waals surface area contributed by atoms with Crippen LogP contribution in [0, 0.1) is 11.8 Å². The van der Waals surface area contributed by atoms with E-state index in [1.807, 2.05) is 11.8 Å². The topological polar surface area (TPSA) is 40.5 Å². The van der Waals surface area contributed by atoms with E-state index >= 15 is 0 Å². The minimum absolute atomic E-state index is 0.146. The summed E-state index contributed by atoms with van der Waals surface area (Å²) >= 11 is 0. The highest BCUT2D eigenvalue weighted by Crippen LogP contribution is 2.19. The van der Waals surface area contributed by atoms with E-state index in [0.717, 1.165) is 38.8 Å². The minimum atomic E-state index is 0.146. The Morgan fingerprint density at radius 3 is 2.93 bits per heavy atom.